The summed E-state index contributed by atoms with van der Waals surface area (Å²) in [5, 5.41) is 3.39. The van der Waals surface area contributed by atoms with Gasteiger partial charge >= 0.3 is 0 Å². The molecule has 2 aromatic rings. The van der Waals surface area contributed by atoms with Gasteiger partial charge < -0.3 is 10.2 Å². The number of halogens is 1. The van der Waals surface area contributed by atoms with E-state index in [1.54, 1.807) is 6.20 Å². The van der Waals surface area contributed by atoms with Crippen molar-refractivity contribution in [2.24, 2.45) is 0 Å². The molecule has 1 heterocycles. The maximum Gasteiger partial charge on any atom is 0.0441 e. The molecule has 0 spiro atoms. The van der Waals surface area contributed by atoms with Crippen molar-refractivity contribution in [1.29, 1.82) is 0 Å². The van der Waals surface area contributed by atoms with E-state index in [1.165, 1.54) is 16.8 Å². The second-order valence-electron chi connectivity index (χ2n) is 4.77. The van der Waals surface area contributed by atoms with Crippen molar-refractivity contribution >= 4 is 21.6 Å². The summed E-state index contributed by atoms with van der Waals surface area (Å²) in [4.78, 5) is 6.43. The van der Waals surface area contributed by atoms with Crippen LogP contribution in [0.15, 0.2) is 47.2 Å². The molecule has 0 saturated heterocycles. The lowest BCUT2D eigenvalue weighted by Crippen LogP contribution is -2.20. The third-order valence-corrected chi connectivity index (χ3v) is 3.65. The summed E-state index contributed by atoms with van der Waals surface area (Å²) in [7, 11) is 2.12. The van der Waals surface area contributed by atoms with Gasteiger partial charge in [0.05, 0.1) is 0 Å². The molecule has 0 aliphatic heterocycles. The molecule has 1 aromatic heterocycles. The molecule has 0 bridgehead atoms. The van der Waals surface area contributed by atoms with Gasteiger partial charge in [-0.2, -0.15) is 0 Å². The van der Waals surface area contributed by atoms with E-state index in [0.717, 1.165) is 24.1 Å². The Bertz CT molecular complexity index is 543. The number of hydrogen-bond acceptors (Lipinski definition) is 3. The highest BCUT2D eigenvalue weighted by molar-refractivity contribution is 9.10. The Balaban J connectivity index is 2.18. The average Bonchev–Trinajstić information content (AvgIpc) is 2.46. The van der Waals surface area contributed by atoms with Gasteiger partial charge in [0, 0.05) is 42.7 Å². The lowest BCUT2D eigenvalue weighted by Gasteiger charge is -2.23. The van der Waals surface area contributed by atoms with Gasteiger partial charge in [-0.15, -0.1) is 0 Å². The SMILES string of the molecule is CCNCc1cc(Br)ccc1N(C)Cc1cccnc1. The maximum absolute atomic E-state index is 4.17. The van der Waals surface area contributed by atoms with Crippen LogP contribution in [0, 0.1) is 0 Å². The fourth-order valence-electron chi connectivity index (χ4n) is 2.18. The third-order valence-electron chi connectivity index (χ3n) is 3.16. The zero-order valence-corrected chi connectivity index (χ0v) is 13.5. The summed E-state index contributed by atoms with van der Waals surface area (Å²) in [5.41, 5.74) is 3.76. The van der Waals surface area contributed by atoms with Crippen LogP contribution in [0.1, 0.15) is 18.1 Å². The average molecular weight is 334 g/mol. The zero-order chi connectivity index (χ0) is 14.4. The van der Waals surface area contributed by atoms with E-state index >= 15 is 0 Å². The summed E-state index contributed by atoms with van der Waals surface area (Å²) in [6.45, 7) is 4.83. The Morgan fingerprint density at radius 1 is 1.30 bits per heavy atom. The van der Waals surface area contributed by atoms with E-state index in [2.05, 4.69) is 69.4 Å². The number of aromatic nitrogens is 1. The molecule has 0 aliphatic carbocycles. The zero-order valence-electron chi connectivity index (χ0n) is 11.9. The van der Waals surface area contributed by atoms with Crippen molar-refractivity contribution in [2.75, 3.05) is 18.5 Å². The Hall–Kier alpha value is -1.39. The van der Waals surface area contributed by atoms with Crippen LogP contribution in [0.25, 0.3) is 0 Å². The van der Waals surface area contributed by atoms with Crippen LogP contribution in [0.2, 0.25) is 0 Å². The highest BCUT2D eigenvalue weighted by atomic mass is 79.9. The Morgan fingerprint density at radius 3 is 2.85 bits per heavy atom. The lowest BCUT2D eigenvalue weighted by molar-refractivity contribution is 0.722. The van der Waals surface area contributed by atoms with Crippen LogP contribution in [0.4, 0.5) is 5.69 Å². The van der Waals surface area contributed by atoms with Crippen LogP contribution in [0.5, 0.6) is 0 Å². The summed E-state index contributed by atoms with van der Waals surface area (Å²) < 4.78 is 1.11. The van der Waals surface area contributed by atoms with Crippen LogP contribution in [-0.2, 0) is 13.1 Å². The normalized spacial score (nSPS) is 10.6. The molecular weight excluding hydrogens is 314 g/mol. The molecule has 4 heteroatoms. The van der Waals surface area contributed by atoms with Gasteiger partial charge in [-0.05, 0) is 41.9 Å². The first kappa shape index (κ1) is 15.0. The first-order valence-corrected chi connectivity index (χ1v) is 7.59. The minimum Gasteiger partial charge on any atom is -0.370 e. The monoisotopic (exact) mass is 333 g/mol. The maximum atomic E-state index is 4.17. The van der Waals surface area contributed by atoms with Gasteiger partial charge in [-0.3, -0.25) is 4.98 Å². The molecule has 3 nitrogen and oxygen atoms in total. The highest BCUT2D eigenvalue weighted by Crippen LogP contribution is 2.25. The predicted octanol–water partition coefficient (Wildman–Crippen LogP) is 3.59. The number of rotatable bonds is 6. The fraction of sp³-hybridized carbons (Fsp3) is 0.312. The molecule has 0 unspecified atom stereocenters. The molecule has 0 radical (unpaired) electrons. The minimum absolute atomic E-state index is 0.856. The number of anilines is 1. The Kier molecular flexibility index (Phi) is 5.56. The van der Waals surface area contributed by atoms with Crippen molar-refractivity contribution in [3.8, 4) is 0 Å². The van der Waals surface area contributed by atoms with Crippen molar-refractivity contribution in [2.45, 2.75) is 20.0 Å². The molecule has 106 valence electrons. The Labute approximate surface area is 129 Å². The lowest BCUT2D eigenvalue weighted by atomic mass is 10.1. The molecule has 1 N–H and O–H groups in total. The number of pyridine rings is 1. The first-order valence-electron chi connectivity index (χ1n) is 6.80. The standard InChI is InChI=1S/C16H20BrN3/c1-3-18-11-14-9-15(17)6-7-16(14)20(2)12-13-5-4-8-19-10-13/h4-10,18H,3,11-12H2,1-2H3. The second kappa shape index (κ2) is 7.41. The number of nitrogens with zero attached hydrogens (tertiary/aromatic N) is 2. The Morgan fingerprint density at radius 2 is 2.15 bits per heavy atom. The van der Waals surface area contributed by atoms with Gasteiger partial charge in [0.25, 0.3) is 0 Å². The molecule has 20 heavy (non-hydrogen) atoms. The van der Waals surface area contributed by atoms with Crippen LogP contribution >= 0.6 is 15.9 Å². The molecule has 2 rings (SSSR count). The van der Waals surface area contributed by atoms with Crippen LogP contribution in [-0.4, -0.2) is 18.6 Å². The third kappa shape index (κ3) is 4.05. The molecule has 0 atom stereocenters. The van der Waals surface area contributed by atoms with Crippen molar-refractivity contribution in [3.05, 3.63) is 58.3 Å². The molecule has 0 saturated carbocycles. The van der Waals surface area contributed by atoms with Gasteiger partial charge in [-0.25, -0.2) is 0 Å². The molecule has 0 fully saturated rings. The smallest absolute Gasteiger partial charge is 0.0441 e. The van der Waals surface area contributed by atoms with Crippen LogP contribution < -0.4 is 10.2 Å². The van der Waals surface area contributed by atoms with Gasteiger partial charge in [-0.1, -0.05) is 28.9 Å². The minimum atomic E-state index is 0.856. The fourth-order valence-corrected chi connectivity index (χ4v) is 2.59. The summed E-state index contributed by atoms with van der Waals surface area (Å²) in [6, 6.07) is 10.5. The highest BCUT2D eigenvalue weighted by Gasteiger charge is 2.08. The topological polar surface area (TPSA) is 28.2 Å². The van der Waals surface area contributed by atoms with E-state index in [-0.39, 0.29) is 0 Å². The number of nitrogens with one attached hydrogen (secondary N) is 1. The van der Waals surface area contributed by atoms with Crippen molar-refractivity contribution in [1.82, 2.24) is 10.3 Å². The molecule has 0 aliphatic rings. The molecule has 0 amide bonds. The number of hydrogen-bond donors (Lipinski definition) is 1. The summed E-state index contributed by atoms with van der Waals surface area (Å²) in [6.07, 6.45) is 3.72. The van der Waals surface area contributed by atoms with E-state index in [4.69, 9.17) is 0 Å². The first-order chi connectivity index (χ1) is 9.70. The van der Waals surface area contributed by atoms with E-state index in [0.29, 0.717) is 0 Å². The van der Waals surface area contributed by atoms with E-state index < -0.39 is 0 Å². The van der Waals surface area contributed by atoms with E-state index in [1.807, 2.05) is 12.3 Å². The van der Waals surface area contributed by atoms with Crippen molar-refractivity contribution < 1.29 is 0 Å². The largest absolute Gasteiger partial charge is 0.370 e. The van der Waals surface area contributed by atoms with E-state index in [9.17, 15) is 0 Å². The molecule has 1 aromatic carbocycles. The van der Waals surface area contributed by atoms with Gasteiger partial charge in [0.2, 0.25) is 0 Å². The molecular formula is C16H20BrN3. The van der Waals surface area contributed by atoms with Crippen molar-refractivity contribution in [3.63, 3.8) is 0 Å². The van der Waals surface area contributed by atoms with Crippen LogP contribution in [0.3, 0.4) is 0 Å². The second-order valence-corrected chi connectivity index (χ2v) is 5.69. The number of benzene rings is 1. The quantitative estimate of drug-likeness (QED) is 0.875. The predicted molar refractivity (Wildman–Crippen MR) is 87.9 cm³/mol. The summed E-state index contributed by atoms with van der Waals surface area (Å²) in [5.74, 6) is 0. The van der Waals surface area contributed by atoms with Gasteiger partial charge in [0.15, 0.2) is 0 Å². The summed E-state index contributed by atoms with van der Waals surface area (Å²) >= 11 is 3.55. The van der Waals surface area contributed by atoms with Gasteiger partial charge in [0.1, 0.15) is 0 Å².